The molecule has 13 heavy (non-hydrogen) atoms. The molecule has 0 aliphatic carbocycles. The Hall–Kier alpha value is -1.02. The van der Waals surface area contributed by atoms with Gasteiger partial charge in [-0.05, 0) is 12.1 Å². The lowest BCUT2D eigenvalue weighted by Crippen LogP contribution is -1.84. The zero-order chi connectivity index (χ0) is 9.84. The Labute approximate surface area is 84.9 Å². The van der Waals surface area contributed by atoms with Crippen LogP contribution in [0.2, 0.25) is 10.0 Å². The molecular weight excluding hydrogens is 213 g/mol. The summed E-state index contributed by atoms with van der Waals surface area (Å²) in [6, 6.07) is 2.94. The van der Waals surface area contributed by atoms with Crippen LogP contribution in [0.25, 0.3) is 0 Å². The molecule has 0 saturated heterocycles. The highest BCUT2D eigenvalue weighted by molar-refractivity contribution is 6.37. The maximum absolute atomic E-state index is 9.94. The monoisotopic (exact) mass is 217 g/mol. The number of aliphatic imine (C=N–C) groups is 1. The summed E-state index contributed by atoms with van der Waals surface area (Å²) in [6.45, 7) is 0. The Morgan fingerprint density at radius 3 is 2.31 bits per heavy atom. The quantitative estimate of drug-likeness (QED) is 0.565. The number of isocyanates is 1. The molecule has 0 bridgehead atoms. The van der Waals surface area contributed by atoms with E-state index in [1.54, 1.807) is 0 Å². The topological polar surface area (TPSA) is 38.7 Å². The minimum Gasteiger partial charge on any atom is -0.494 e. The smallest absolute Gasteiger partial charge is 0.240 e. The van der Waals surface area contributed by atoms with Crippen molar-refractivity contribution in [3.05, 3.63) is 22.2 Å². The number of rotatable bonds is 2. The predicted octanol–water partition coefficient (Wildman–Crippen LogP) is 2.97. The summed E-state index contributed by atoms with van der Waals surface area (Å²) in [5, 5.41) is 0.619. The molecule has 0 heterocycles. The number of methoxy groups -OCH3 is 1. The van der Waals surface area contributed by atoms with Crippen molar-refractivity contribution in [3.63, 3.8) is 0 Å². The fraction of sp³-hybridized carbons (Fsp3) is 0.125. The summed E-state index contributed by atoms with van der Waals surface area (Å²) in [5.41, 5.74) is 0.353. The first-order chi connectivity index (χ1) is 6.19. The Morgan fingerprint density at radius 1 is 1.38 bits per heavy atom. The molecule has 0 fully saturated rings. The van der Waals surface area contributed by atoms with Crippen molar-refractivity contribution in [1.82, 2.24) is 0 Å². The molecule has 0 amide bonds. The number of ether oxygens (including phenoxy) is 1. The minimum absolute atomic E-state index is 0.309. The highest BCUT2D eigenvalue weighted by Gasteiger charge is 2.07. The first-order valence-electron chi connectivity index (χ1n) is 3.30. The first-order valence-corrected chi connectivity index (χ1v) is 4.05. The van der Waals surface area contributed by atoms with Crippen molar-refractivity contribution in [1.29, 1.82) is 0 Å². The Kier molecular flexibility index (Phi) is 3.32. The summed E-state index contributed by atoms with van der Waals surface area (Å²) < 4.78 is 4.90. The van der Waals surface area contributed by atoms with Crippen LogP contribution in [0.1, 0.15) is 0 Å². The van der Waals surface area contributed by atoms with Gasteiger partial charge in [0, 0.05) is 0 Å². The van der Waals surface area contributed by atoms with Gasteiger partial charge in [0.15, 0.2) is 5.75 Å². The molecule has 3 nitrogen and oxygen atoms in total. The molecule has 1 aromatic rings. The van der Waals surface area contributed by atoms with Gasteiger partial charge in [0.2, 0.25) is 6.08 Å². The highest BCUT2D eigenvalue weighted by atomic mass is 35.5. The van der Waals surface area contributed by atoms with Crippen LogP contribution in [0.15, 0.2) is 17.1 Å². The second-order valence-electron chi connectivity index (χ2n) is 2.15. The first kappa shape index (κ1) is 10.1. The lowest BCUT2D eigenvalue weighted by atomic mass is 10.3. The summed E-state index contributed by atoms with van der Waals surface area (Å²) in [6.07, 6.45) is 1.39. The fourth-order valence-corrected chi connectivity index (χ4v) is 1.49. The van der Waals surface area contributed by atoms with E-state index in [9.17, 15) is 4.79 Å². The number of hydrogen-bond acceptors (Lipinski definition) is 3. The van der Waals surface area contributed by atoms with Crippen LogP contribution in [0.3, 0.4) is 0 Å². The molecule has 0 radical (unpaired) electrons. The molecule has 0 unspecified atom stereocenters. The van der Waals surface area contributed by atoms with Crippen LogP contribution in [0.5, 0.6) is 5.75 Å². The summed E-state index contributed by atoms with van der Waals surface area (Å²) in [7, 11) is 1.45. The number of benzene rings is 1. The predicted molar refractivity (Wildman–Crippen MR) is 50.8 cm³/mol. The van der Waals surface area contributed by atoms with E-state index in [2.05, 4.69) is 4.99 Å². The van der Waals surface area contributed by atoms with E-state index in [1.165, 1.54) is 25.3 Å². The van der Waals surface area contributed by atoms with E-state index < -0.39 is 0 Å². The standard InChI is InChI=1S/C8H5Cl2NO2/c1-13-8-6(9)2-5(11-4-12)3-7(8)10/h2-3H,1H3. The molecule has 1 aromatic carbocycles. The van der Waals surface area contributed by atoms with Gasteiger partial charge in [-0.2, -0.15) is 4.99 Å². The normalized spacial score (nSPS) is 9.15. The van der Waals surface area contributed by atoms with Crippen LogP contribution < -0.4 is 4.74 Å². The Morgan fingerprint density at radius 2 is 1.92 bits per heavy atom. The molecule has 0 saturated carbocycles. The highest BCUT2D eigenvalue weighted by Crippen LogP contribution is 2.36. The number of halogens is 2. The molecular formula is C8H5Cl2NO2. The van der Waals surface area contributed by atoms with Crippen LogP contribution >= 0.6 is 23.2 Å². The maximum Gasteiger partial charge on any atom is 0.240 e. The van der Waals surface area contributed by atoms with E-state index in [0.717, 1.165) is 0 Å². The fourth-order valence-electron chi connectivity index (χ4n) is 0.859. The van der Waals surface area contributed by atoms with Crippen molar-refractivity contribution in [2.24, 2.45) is 4.99 Å². The van der Waals surface area contributed by atoms with E-state index in [1.807, 2.05) is 0 Å². The van der Waals surface area contributed by atoms with Gasteiger partial charge >= 0.3 is 0 Å². The third-order valence-electron chi connectivity index (χ3n) is 1.36. The zero-order valence-corrected chi connectivity index (χ0v) is 8.19. The molecule has 0 aromatic heterocycles. The molecule has 5 heteroatoms. The van der Waals surface area contributed by atoms with Crippen molar-refractivity contribution in [2.45, 2.75) is 0 Å². The summed E-state index contributed by atoms with van der Waals surface area (Å²) in [4.78, 5) is 13.3. The number of nitrogens with zero attached hydrogens (tertiary/aromatic N) is 1. The van der Waals surface area contributed by atoms with E-state index in [-0.39, 0.29) is 0 Å². The van der Waals surface area contributed by atoms with E-state index in [4.69, 9.17) is 27.9 Å². The van der Waals surface area contributed by atoms with Gasteiger partial charge in [0.25, 0.3) is 0 Å². The Bertz CT molecular complexity index is 349. The van der Waals surface area contributed by atoms with Crippen LogP contribution in [0, 0.1) is 0 Å². The lowest BCUT2D eigenvalue weighted by molar-refractivity contribution is 0.415. The Balaban J connectivity index is 3.27. The average molecular weight is 218 g/mol. The maximum atomic E-state index is 9.94. The third kappa shape index (κ3) is 2.22. The SMILES string of the molecule is COc1c(Cl)cc(N=C=O)cc1Cl. The van der Waals surface area contributed by atoms with Crippen LogP contribution in [0.4, 0.5) is 5.69 Å². The average Bonchev–Trinajstić information content (AvgIpc) is 2.04. The van der Waals surface area contributed by atoms with Crippen molar-refractivity contribution in [3.8, 4) is 5.75 Å². The lowest BCUT2D eigenvalue weighted by Gasteiger charge is -2.04. The molecule has 1 rings (SSSR count). The van der Waals surface area contributed by atoms with Crippen molar-refractivity contribution in [2.75, 3.05) is 7.11 Å². The van der Waals surface area contributed by atoms with Gasteiger partial charge in [-0.15, -0.1) is 0 Å². The second-order valence-corrected chi connectivity index (χ2v) is 2.96. The van der Waals surface area contributed by atoms with Crippen molar-refractivity contribution >= 4 is 35.0 Å². The number of carbonyl (C=O) groups excluding carboxylic acids is 1. The second kappa shape index (κ2) is 4.28. The number of hydrogen-bond donors (Lipinski definition) is 0. The summed E-state index contributed by atoms with van der Waals surface area (Å²) in [5.74, 6) is 0.369. The summed E-state index contributed by atoms with van der Waals surface area (Å²) >= 11 is 11.5. The van der Waals surface area contributed by atoms with Gasteiger partial charge in [-0.25, -0.2) is 4.79 Å². The molecule has 68 valence electrons. The van der Waals surface area contributed by atoms with Crippen LogP contribution in [-0.2, 0) is 4.79 Å². The molecule has 0 aliphatic heterocycles. The van der Waals surface area contributed by atoms with Gasteiger partial charge in [-0.1, -0.05) is 23.2 Å². The van der Waals surface area contributed by atoms with E-state index >= 15 is 0 Å². The van der Waals surface area contributed by atoms with Crippen molar-refractivity contribution < 1.29 is 9.53 Å². The minimum atomic E-state index is 0.309. The third-order valence-corrected chi connectivity index (χ3v) is 1.92. The largest absolute Gasteiger partial charge is 0.494 e. The van der Waals surface area contributed by atoms with Gasteiger partial charge < -0.3 is 4.74 Å². The molecule has 0 atom stereocenters. The van der Waals surface area contributed by atoms with Gasteiger partial charge in [0.05, 0.1) is 22.8 Å². The van der Waals surface area contributed by atoms with E-state index in [0.29, 0.717) is 21.5 Å². The molecule has 0 spiro atoms. The zero-order valence-electron chi connectivity index (χ0n) is 6.67. The molecule has 0 N–H and O–H groups in total. The van der Waals surface area contributed by atoms with Gasteiger partial charge in [-0.3, -0.25) is 0 Å². The van der Waals surface area contributed by atoms with Crippen LogP contribution in [-0.4, -0.2) is 13.2 Å². The molecule has 0 aliphatic rings. The van der Waals surface area contributed by atoms with Gasteiger partial charge in [0.1, 0.15) is 0 Å².